The fourth-order valence-electron chi connectivity index (χ4n) is 2.88. The molecule has 1 amide bonds. The summed E-state index contributed by atoms with van der Waals surface area (Å²) in [6.07, 6.45) is -4.76. The summed E-state index contributed by atoms with van der Waals surface area (Å²) < 4.78 is 40.6. The van der Waals surface area contributed by atoms with Crippen molar-refractivity contribution in [2.45, 2.75) is 33.2 Å². The summed E-state index contributed by atoms with van der Waals surface area (Å²) in [6.45, 7) is 1.90. The zero-order chi connectivity index (χ0) is 18.2. The van der Waals surface area contributed by atoms with Crippen LogP contribution in [0.1, 0.15) is 31.0 Å². The van der Waals surface area contributed by atoms with Crippen molar-refractivity contribution >= 4 is 17.4 Å². The van der Waals surface area contributed by atoms with Gasteiger partial charge in [-0.3, -0.25) is 14.5 Å². The summed E-state index contributed by atoms with van der Waals surface area (Å²) in [7, 11) is 0. The Kier molecular flexibility index (Phi) is 5.39. The molecule has 138 valence electrons. The van der Waals surface area contributed by atoms with Crippen LogP contribution in [0.25, 0.3) is 0 Å². The number of aryl methyl sites for hydroxylation is 1. The third kappa shape index (κ3) is 4.04. The number of hydrogen-bond donors (Lipinski definition) is 0. The first kappa shape index (κ1) is 19.5. The number of benzene rings is 2. The number of rotatable bonds is 3. The number of halogens is 3. The number of anilines is 1. The van der Waals surface area contributed by atoms with Crippen LogP contribution >= 0.6 is 0 Å². The molecule has 0 aromatic heterocycles. The van der Waals surface area contributed by atoms with Gasteiger partial charge in [0.1, 0.15) is 5.75 Å². The lowest BCUT2D eigenvalue weighted by Crippen LogP contribution is -2.29. The number of ketones is 1. The fourth-order valence-corrected chi connectivity index (χ4v) is 2.88. The van der Waals surface area contributed by atoms with Gasteiger partial charge in [0.2, 0.25) is 5.78 Å². The molecule has 1 atom stereocenters. The van der Waals surface area contributed by atoms with Gasteiger partial charge < -0.3 is 4.74 Å². The van der Waals surface area contributed by atoms with E-state index in [-0.39, 0.29) is 19.6 Å². The van der Waals surface area contributed by atoms with Crippen LogP contribution in [-0.2, 0) is 9.59 Å². The molecule has 3 rings (SSSR count). The van der Waals surface area contributed by atoms with Crippen molar-refractivity contribution in [3.8, 4) is 5.75 Å². The molecule has 0 aliphatic carbocycles. The number of Topliss-reactive ketones (excluding diaryl/α,β-unsaturated/α-hetero) is 1. The van der Waals surface area contributed by atoms with E-state index in [9.17, 15) is 22.8 Å². The second-order valence-corrected chi connectivity index (χ2v) is 5.77. The minimum Gasteiger partial charge on any atom is -0.406 e. The molecule has 0 spiro atoms. The molecule has 26 heavy (non-hydrogen) atoms. The van der Waals surface area contributed by atoms with Crippen LogP contribution in [0.5, 0.6) is 5.75 Å². The molecule has 0 bridgehead atoms. The zero-order valence-corrected chi connectivity index (χ0v) is 13.2. The normalized spacial score (nSPS) is 17.2. The Hall–Kier alpha value is -2.83. The van der Waals surface area contributed by atoms with Crippen molar-refractivity contribution in [3.63, 3.8) is 0 Å². The average molecular weight is 365 g/mol. The van der Waals surface area contributed by atoms with Crippen LogP contribution in [0.4, 0.5) is 18.9 Å². The quantitative estimate of drug-likeness (QED) is 0.748. The number of amides is 1. The van der Waals surface area contributed by atoms with E-state index in [0.717, 1.165) is 23.3 Å². The molecule has 0 saturated carbocycles. The molecule has 1 aliphatic rings. The van der Waals surface area contributed by atoms with Gasteiger partial charge in [0, 0.05) is 12.1 Å². The van der Waals surface area contributed by atoms with Gasteiger partial charge in [-0.15, -0.1) is 13.2 Å². The predicted molar refractivity (Wildman–Crippen MR) is 90.9 cm³/mol. The second-order valence-electron chi connectivity index (χ2n) is 5.77. The van der Waals surface area contributed by atoms with Crippen molar-refractivity contribution in [1.29, 1.82) is 0 Å². The van der Waals surface area contributed by atoms with Gasteiger partial charge in [-0.25, -0.2) is 0 Å². The lowest BCUT2D eigenvalue weighted by Gasteiger charge is -2.25. The Morgan fingerprint density at radius 3 is 2.31 bits per heavy atom. The zero-order valence-electron chi connectivity index (χ0n) is 13.2. The summed E-state index contributed by atoms with van der Waals surface area (Å²) in [5, 5.41) is 0. The fraction of sp³-hybridized carbons (Fsp3) is 0.263. The topological polar surface area (TPSA) is 46.6 Å². The maximum absolute atomic E-state index is 12.3. The molecule has 4 nitrogen and oxygen atoms in total. The number of hydrogen-bond acceptors (Lipinski definition) is 3. The van der Waals surface area contributed by atoms with Crippen LogP contribution in [0, 0.1) is 6.92 Å². The molecule has 2 aromatic carbocycles. The van der Waals surface area contributed by atoms with Crippen LogP contribution in [0.15, 0.2) is 48.5 Å². The van der Waals surface area contributed by atoms with Crippen LogP contribution < -0.4 is 9.64 Å². The molecular weight excluding hydrogens is 347 g/mol. The first-order valence-corrected chi connectivity index (χ1v) is 7.53. The van der Waals surface area contributed by atoms with Crippen molar-refractivity contribution < 1.29 is 27.5 Å². The van der Waals surface area contributed by atoms with Crippen LogP contribution in [-0.4, -0.2) is 18.1 Å². The maximum Gasteiger partial charge on any atom is 0.573 e. The van der Waals surface area contributed by atoms with Crippen molar-refractivity contribution in [3.05, 3.63) is 59.7 Å². The number of alkyl halides is 3. The van der Waals surface area contributed by atoms with Gasteiger partial charge in [0.25, 0.3) is 5.91 Å². The number of carbonyl (C=O) groups excluding carboxylic acids is 2. The molecule has 1 saturated heterocycles. The van der Waals surface area contributed by atoms with Gasteiger partial charge in [-0.05, 0) is 36.8 Å². The van der Waals surface area contributed by atoms with Crippen LogP contribution in [0.2, 0.25) is 0 Å². The summed E-state index contributed by atoms with van der Waals surface area (Å²) in [4.78, 5) is 25.5. The number of ether oxygens (including phenoxy) is 1. The summed E-state index contributed by atoms with van der Waals surface area (Å²) >= 11 is 0. The molecule has 2 aromatic rings. The van der Waals surface area contributed by atoms with E-state index in [2.05, 4.69) is 4.74 Å². The minimum atomic E-state index is -4.79. The highest BCUT2D eigenvalue weighted by Crippen LogP contribution is 2.36. The van der Waals surface area contributed by atoms with E-state index in [1.165, 1.54) is 17.0 Å². The van der Waals surface area contributed by atoms with E-state index >= 15 is 0 Å². The standard InChI is InChI=1S/C18H14F3NO3.CH4/c1-11-3-2-4-12(9-11)15-10-16(23)17(24)22(15)13-5-7-14(8-6-13)25-18(19,20)21;/h2-9,15H,10H2,1H3;1H4. The Balaban J connectivity index is 0.00000243. The first-order chi connectivity index (χ1) is 11.7. The van der Waals surface area contributed by atoms with Crippen molar-refractivity contribution in [2.75, 3.05) is 4.90 Å². The lowest BCUT2D eigenvalue weighted by molar-refractivity contribution is -0.274. The van der Waals surface area contributed by atoms with Gasteiger partial charge in [-0.2, -0.15) is 0 Å². The predicted octanol–water partition coefficient (Wildman–Crippen LogP) is 4.58. The first-order valence-electron chi connectivity index (χ1n) is 7.53. The number of carbonyl (C=O) groups is 2. The molecular formula is C19H18F3NO3. The smallest absolute Gasteiger partial charge is 0.406 e. The van der Waals surface area contributed by atoms with E-state index in [4.69, 9.17) is 0 Å². The highest BCUT2D eigenvalue weighted by Gasteiger charge is 2.40. The lowest BCUT2D eigenvalue weighted by atomic mass is 10.0. The largest absolute Gasteiger partial charge is 0.573 e. The SMILES string of the molecule is C.Cc1cccc(C2CC(=O)C(=O)N2c2ccc(OC(F)(F)F)cc2)c1. The Morgan fingerprint density at radius 1 is 1.08 bits per heavy atom. The molecule has 1 unspecified atom stereocenters. The van der Waals surface area contributed by atoms with Gasteiger partial charge in [-0.1, -0.05) is 37.3 Å². The monoisotopic (exact) mass is 365 g/mol. The Bertz CT molecular complexity index is 816. The van der Waals surface area contributed by atoms with E-state index < -0.39 is 24.1 Å². The number of nitrogens with zero attached hydrogens (tertiary/aromatic N) is 1. The molecule has 0 radical (unpaired) electrons. The van der Waals surface area contributed by atoms with Gasteiger partial charge in [0.05, 0.1) is 6.04 Å². The maximum atomic E-state index is 12.3. The molecule has 7 heteroatoms. The van der Waals surface area contributed by atoms with Crippen LogP contribution in [0.3, 0.4) is 0 Å². The van der Waals surface area contributed by atoms with Crippen molar-refractivity contribution in [2.24, 2.45) is 0 Å². The van der Waals surface area contributed by atoms with Gasteiger partial charge >= 0.3 is 6.36 Å². The third-order valence-corrected chi connectivity index (χ3v) is 3.92. The van der Waals surface area contributed by atoms with Crippen molar-refractivity contribution in [1.82, 2.24) is 0 Å². The Labute approximate surface area is 149 Å². The highest BCUT2D eigenvalue weighted by molar-refractivity contribution is 6.44. The third-order valence-electron chi connectivity index (χ3n) is 3.92. The molecule has 1 heterocycles. The summed E-state index contributed by atoms with van der Waals surface area (Å²) in [5.74, 6) is -1.58. The minimum absolute atomic E-state index is 0. The molecule has 1 aliphatic heterocycles. The Morgan fingerprint density at radius 2 is 1.73 bits per heavy atom. The van der Waals surface area contributed by atoms with E-state index in [1.54, 1.807) is 0 Å². The summed E-state index contributed by atoms with van der Waals surface area (Å²) in [5.41, 5.74) is 2.13. The molecule has 1 fully saturated rings. The molecule has 0 N–H and O–H groups in total. The second kappa shape index (κ2) is 7.19. The van der Waals surface area contributed by atoms with Gasteiger partial charge in [0.15, 0.2) is 0 Å². The summed E-state index contributed by atoms with van der Waals surface area (Å²) in [6, 6.07) is 11.8. The average Bonchev–Trinajstić information content (AvgIpc) is 2.82. The highest BCUT2D eigenvalue weighted by atomic mass is 19.4. The van der Waals surface area contributed by atoms with E-state index in [1.807, 2.05) is 31.2 Å². The van der Waals surface area contributed by atoms with E-state index in [0.29, 0.717) is 5.69 Å².